The summed E-state index contributed by atoms with van der Waals surface area (Å²) in [5, 5.41) is 0. The molecule has 0 amide bonds. The molecule has 0 aliphatic heterocycles. The van der Waals surface area contributed by atoms with Crippen LogP contribution in [0.25, 0.3) is 5.57 Å². The average molecular weight is 226 g/mol. The summed E-state index contributed by atoms with van der Waals surface area (Å²) in [6, 6.07) is 7.74. The Bertz CT molecular complexity index is 393. The molecule has 2 nitrogen and oxygen atoms in total. The Kier molecular flexibility index (Phi) is 4.17. The Labute approximate surface area is 92.5 Å². The Morgan fingerprint density at radius 3 is 2.19 bits per heavy atom. The molecule has 0 unspecified atom stereocenters. The SMILES string of the molecule is CC(C)OC(=O)C(=C(F)F)c1ccccc1. The first kappa shape index (κ1) is 12.4. The molecule has 0 aromatic heterocycles. The van der Waals surface area contributed by atoms with Gasteiger partial charge in [-0.15, -0.1) is 0 Å². The molecule has 0 atom stereocenters. The molecule has 86 valence electrons. The minimum atomic E-state index is -2.03. The molecule has 0 saturated heterocycles. The quantitative estimate of drug-likeness (QED) is 0.584. The highest BCUT2D eigenvalue weighted by Gasteiger charge is 2.20. The second-order valence-corrected chi connectivity index (χ2v) is 3.46. The summed E-state index contributed by atoms with van der Waals surface area (Å²) in [5.41, 5.74) is -0.512. The summed E-state index contributed by atoms with van der Waals surface area (Å²) < 4.78 is 30.1. The van der Waals surface area contributed by atoms with Gasteiger partial charge in [0.15, 0.2) is 0 Å². The van der Waals surface area contributed by atoms with Crippen LogP contribution in [-0.4, -0.2) is 12.1 Å². The third-order valence-corrected chi connectivity index (χ3v) is 1.80. The predicted molar refractivity (Wildman–Crippen MR) is 56.8 cm³/mol. The molecule has 16 heavy (non-hydrogen) atoms. The van der Waals surface area contributed by atoms with E-state index in [-0.39, 0.29) is 5.56 Å². The monoisotopic (exact) mass is 226 g/mol. The van der Waals surface area contributed by atoms with Crippen molar-refractivity contribution in [3.05, 3.63) is 42.0 Å². The molecule has 0 heterocycles. The van der Waals surface area contributed by atoms with E-state index in [4.69, 9.17) is 4.74 Å². The lowest BCUT2D eigenvalue weighted by Gasteiger charge is -2.10. The maximum Gasteiger partial charge on any atom is 0.344 e. The van der Waals surface area contributed by atoms with Gasteiger partial charge in [-0.1, -0.05) is 30.3 Å². The summed E-state index contributed by atoms with van der Waals surface area (Å²) in [6.45, 7) is 3.22. The fourth-order valence-corrected chi connectivity index (χ4v) is 1.18. The molecule has 0 radical (unpaired) electrons. The third-order valence-electron chi connectivity index (χ3n) is 1.80. The number of carbonyl (C=O) groups is 1. The van der Waals surface area contributed by atoms with Crippen LogP contribution >= 0.6 is 0 Å². The molecule has 4 heteroatoms. The minimum absolute atomic E-state index is 0.160. The molecule has 1 aromatic rings. The average Bonchev–Trinajstić information content (AvgIpc) is 2.17. The van der Waals surface area contributed by atoms with Gasteiger partial charge >= 0.3 is 5.97 Å². The highest BCUT2D eigenvalue weighted by Crippen LogP contribution is 2.22. The fraction of sp³-hybridized carbons (Fsp3) is 0.250. The maximum absolute atomic E-state index is 12.7. The first-order valence-corrected chi connectivity index (χ1v) is 4.84. The smallest absolute Gasteiger partial charge is 0.344 e. The summed E-state index contributed by atoms with van der Waals surface area (Å²) in [6.07, 6.45) is -2.46. The maximum atomic E-state index is 12.7. The number of hydrogen-bond donors (Lipinski definition) is 0. The van der Waals surface area contributed by atoms with E-state index in [0.717, 1.165) is 0 Å². The number of carbonyl (C=O) groups excluding carboxylic acids is 1. The molecular formula is C12H12F2O2. The standard InChI is InChI=1S/C12H12F2O2/c1-8(2)16-12(15)10(11(13)14)9-6-4-3-5-7-9/h3-8H,1-2H3. The van der Waals surface area contributed by atoms with Gasteiger partial charge in [-0.25, -0.2) is 4.79 Å². The Morgan fingerprint density at radius 1 is 1.19 bits per heavy atom. The zero-order valence-corrected chi connectivity index (χ0v) is 9.04. The van der Waals surface area contributed by atoms with E-state index < -0.39 is 23.7 Å². The van der Waals surface area contributed by atoms with E-state index >= 15 is 0 Å². The van der Waals surface area contributed by atoms with Gasteiger partial charge in [-0.05, 0) is 19.4 Å². The zero-order chi connectivity index (χ0) is 12.1. The molecular weight excluding hydrogens is 214 g/mol. The van der Waals surface area contributed by atoms with E-state index in [1.807, 2.05) is 0 Å². The van der Waals surface area contributed by atoms with Crippen molar-refractivity contribution >= 4 is 11.5 Å². The van der Waals surface area contributed by atoms with Crippen LogP contribution in [0.1, 0.15) is 19.4 Å². The van der Waals surface area contributed by atoms with E-state index in [2.05, 4.69) is 0 Å². The van der Waals surface area contributed by atoms with Gasteiger partial charge in [-0.2, -0.15) is 8.78 Å². The van der Waals surface area contributed by atoms with E-state index in [1.54, 1.807) is 32.0 Å². The second kappa shape index (κ2) is 5.39. The molecule has 0 N–H and O–H groups in total. The molecule has 0 aliphatic carbocycles. The lowest BCUT2D eigenvalue weighted by Crippen LogP contribution is -2.13. The summed E-state index contributed by atoms with van der Waals surface area (Å²) in [4.78, 5) is 11.4. The first-order chi connectivity index (χ1) is 7.52. The van der Waals surface area contributed by atoms with Crippen LogP contribution in [0.2, 0.25) is 0 Å². The van der Waals surface area contributed by atoms with Crippen LogP contribution in [0, 0.1) is 0 Å². The van der Waals surface area contributed by atoms with Crippen molar-refractivity contribution in [2.24, 2.45) is 0 Å². The van der Waals surface area contributed by atoms with Crippen molar-refractivity contribution in [1.29, 1.82) is 0 Å². The molecule has 1 rings (SSSR count). The fourth-order valence-electron chi connectivity index (χ4n) is 1.18. The second-order valence-electron chi connectivity index (χ2n) is 3.46. The van der Waals surface area contributed by atoms with Gasteiger partial charge in [0.25, 0.3) is 6.08 Å². The van der Waals surface area contributed by atoms with Gasteiger partial charge < -0.3 is 4.74 Å². The summed E-state index contributed by atoms with van der Waals surface area (Å²) in [7, 11) is 0. The predicted octanol–water partition coefficient (Wildman–Crippen LogP) is 3.25. The highest BCUT2D eigenvalue weighted by atomic mass is 19.3. The number of benzene rings is 1. The number of esters is 1. The van der Waals surface area contributed by atoms with E-state index in [9.17, 15) is 13.6 Å². The van der Waals surface area contributed by atoms with Gasteiger partial charge in [0.1, 0.15) is 5.57 Å². The molecule has 0 fully saturated rings. The molecule has 0 spiro atoms. The van der Waals surface area contributed by atoms with Gasteiger partial charge in [-0.3, -0.25) is 0 Å². The Balaban J connectivity index is 3.04. The van der Waals surface area contributed by atoms with Crippen molar-refractivity contribution < 1.29 is 18.3 Å². The van der Waals surface area contributed by atoms with Crippen LogP contribution in [0.4, 0.5) is 8.78 Å². The summed E-state index contributed by atoms with van der Waals surface area (Å²) >= 11 is 0. The Hall–Kier alpha value is -1.71. The molecule has 0 bridgehead atoms. The van der Waals surface area contributed by atoms with Crippen molar-refractivity contribution in [2.75, 3.05) is 0 Å². The van der Waals surface area contributed by atoms with Crippen LogP contribution in [-0.2, 0) is 9.53 Å². The number of ether oxygens (including phenoxy) is 1. The van der Waals surface area contributed by atoms with E-state index in [0.29, 0.717) is 0 Å². The van der Waals surface area contributed by atoms with Crippen LogP contribution in [0.5, 0.6) is 0 Å². The molecule has 1 aromatic carbocycles. The Morgan fingerprint density at radius 2 is 1.75 bits per heavy atom. The van der Waals surface area contributed by atoms with Crippen LogP contribution < -0.4 is 0 Å². The number of hydrogen-bond acceptors (Lipinski definition) is 2. The molecule has 0 aliphatic rings. The van der Waals surface area contributed by atoms with Gasteiger partial charge in [0.2, 0.25) is 0 Å². The van der Waals surface area contributed by atoms with Crippen molar-refractivity contribution in [1.82, 2.24) is 0 Å². The lowest BCUT2D eigenvalue weighted by atomic mass is 10.1. The van der Waals surface area contributed by atoms with Crippen molar-refractivity contribution in [3.63, 3.8) is 0 Å². The van der Waals surface area contributed by atoms with Crippen molar-refractivity contribution in [3.8, 4) is 0 Å². The third kappa shape index (κ3) is 3.15. The summed E-state index contributed by atoms with van der Waals surface area (Å²) in [5.74, 6) is -0.999. The minimum Gasteiger partial charge on any atom is -0.459 e. The topological polar surface area (TPSA) is 26.3 Å². The van der Waals surface area contributed by atoms with Gasteiger partial charge in [0, 0.05) is 0 Å². The van der Waals surface area contributed by atoms with Crippen LogP contribution in [0.3, 0.4) is 0 Å². The normalized spacial score (nSPS) is 10.1. The largest absolute Gasteiger partial charge is 0.459 e. The van der Waals surface area contributed by atoms with Gasteiger partial charge in [0.05, 0.1) is 6.10 Å². The number of halogens is 2. The van der Waals surface area contributed by atoms with Crippen LogP contribution in [0.15, 0.2) is 36.4 Å². The van der Waals surface area contributed by atoms with Crippen molar-refractivity contribution in [2.45, 2.75) is 20.0 Å². The van der Waals surface area contributed by atoms with E-state index in [1.165, 1.54) is 12.1 Å². The highest BCUT2D eigenvalue weighted by molar-refractivity contribution is 6.16. The number of rotatable bonds is 3. The first-order valence-electron chi connectivity index (χ1n) is 4.84. The zero-order valence-electron chi connectivity index (χ0n) is 9.04. The molecule has 0 saturated carbocycles. The lowest BCUT2D eigenvalue weighted by molar-refractivity contribution is -0.140.